The molecule has 42 valence electrons. The minimum atomic E-state index is -0.477. The molecule has 1 aliphatic rings. The molecule has 0 aliphatic carbocycles. The van der Waals surface area contributed by atoms with E-state index in [0.29, 0.717) is 0 Å². The molecule has 0 aromatic heterocycles. The summed E-state index contributed by atoms with van der Waals surface area (Å²) in [5.74, 6) is 0. The fourth-order valence-electron chi connectivity index (χ4n) is 0.782. The zero-order valence-electron chi connectivity index (χ0n) is 4.42. The number of aliphatic hydroxyl groups excluding tert-OH is 1. The molecule has 1 heterocycles. The van der Waals surface area contributed by atoms with Crippen LogP contribution >= 0.6 is 0 Å². The first kappa shape index (κ1) is 5.06. The van der Waals surface area contributed by atoms with E-state index in [-0.39, 0.29) is 6.10 Å². The van der Waals surface area contributed by atoms with Gasteiger partial charge in [-0.15, -0.1) is 0 Å². The quantitative estimate of drug-likeness (QED) is 0.482. The van der Waals surface area contributed by atoms with Gasteiger partial charge < -0.3 is 9.84 Å². The van der Waals surface area contributed by atoms with Gasteiger partial charge in [0.2, 0.25) is 0 Å². The Kier molecular flexibility index (Phi) is 1.30. The van der Waals surface area contributed by atoms with Gasteiger partial charge in [0, 0.05) is 6.42 Å². The molecule has 1 unspecified atom stereocenters. The summed E-state index contributed by atoms with van der Waals surface area (Å²) in [4.78, 5) is 0. The SMILES string of the molecule is C[C@H]1CCC(O)O1. The minimum Gasteiger partial charge on any atom is -0.368 e. The maximum absolute atomic E-state index is 8.68. The first-order valence-electron chi connectivity index (χ1n) is 2.62. The van der Waals surface area contributed by atoms with Crippen LogP contribution in [0.1, 0.15) is 19.8 Å². The Balaban J connectivity index is 2.26. The van der Waals surface area contributed by atoms with E-state index in [1.165, 1.54) is 0 Å². The van der Waals surface area contributed by atoms with E-state index in [1.807, 2.05) is 6.92 Å². The third kappa shape index (κ3) is 1.14. The molecule has 1 aliphatic heterocycles. The van der Waals surface area contributed by atoms with Gasteiger partial charge in [-0.05, 0) is 13.3 Å². The van der Waals surface area contributed by atoms with Gasteiger partial charge >= 0.3 is 0 Å². The molecule has 0 saturated carbocycles. The Labute approximate surface area is 43.1 Å². The molecule has 2 nitrogen and oxygen atoms in total. The molecule has 1 rings (SSSR count). The number of hydrogen-bond donors (Lipinski definition) is 1. The van der Waals surface area contributed by atoms with Crippen LogP contribution in [0.2, 0.25) is 0 Å². The van der Waals surface area contributed by atoms with Crippen molar-refractivity contribution in [2.75, 3.05) is 0 Å². The second-order valence-electron chi connectivity index (χ2n) is 1.98. The number of ether oxygens (including phenoxy) is 1. The van der Waals surface area contributed by atoms with Gasteiger partial charge in [0.1, 0.15) is 0 Å². The summed E-state index contributed by atoms with van der Waals surface area (Å²) in [7, 11) is 0. The molecule has 1 fully saturated rings. The zero-order chi connectivity index (χ0) is 5.28. The normalized spacial score (nSPS) is 42.0. The van der Waals surface area contributed by atoms with Crippen LogP contribution in [-0.4, -0.2) is 17.5 Å². The lowest BCUT2D eigenvalue weighted by Crippen LogP contribution is -2.05. The molecule has 1 N–H and O–H groups in total. The summed E-state index contributed by atoms with van der Waals surface area (Å²) in [5.41, 5.74) is 0. The fourth-order valence-corrected chi connectivity index (χ4v) is 0.782. The second-order valence-corrected chi connectivity index (χ2v) is 1.98. The Morgan fingerprint density at radius 1 is 1.57 bits per heavy atom. The van der Waals surface area contributed by atoms with Crippen molar-refractivity contribution in [3.05, 3.63) is 0 Å². The van der Waals surface area contributed by atoms with Crippen LogP contribution in [0, 0.1) is 0 Å². The molecule has 0 spiro atoms. The first-order valence-corrected chi connectivity index (χ1v) is 2.62. The van der Waals surface area contributed by atoms with E-state index in [9.17, 15) is 0 Å². The molecule has 0 radical (unpaired) electrons. The molecule has 2 atom stereocenters. The van der Waals surface area contributed by atoms with Gasteiger partial charge in [0.15, 0.2) is 6.29 Å². The Bertz CT molecular complexity index is 55.1. The predicted octanol–water partition coefficient (Wildman–Crippen LogP) is 0.504. The molecule has 1 saturated heterocycles. The van der Waals surface area contributed by atoms with Crippen molar-refractivity contribution in [1.82, 2.24) is 0 Å². The van der Waals surface area contributed by atoms with Gasteiger partial charge in [-0.1, -0.05) is 0 Å². The van der Waals surface area contributed by atoms with Crippen molar-refractivity contribution in [2.24, 2.45) is 0 Å². The third-order valence-electron chi connectivity index (χ3n) is 1.21. The summed E-state index contributed by atoms with van der Waals surface area (Å²) in [6.07, 6.45) is 1.60. The van der Waals surface area contributed by atoms with E-state index < -0.39 is 6.29 Å². The molecule has 0 amide bonds. The maximum Gasteiger partial charge on any atom is 0.154 e. The van der Waals surface area contributed by atoms with Gasteiger partial charge in [-0.2, -0.15) is 0 Å². The smallest absolute Gasteiger partial charge is 0.154 e. The average molecular weight is 102 g/mol. The maximum atomic E-state index is 8.68. The molecular weight excluding hydrogens is 92.1 g/mol. The third-order valence-corrected chi connectivity index (χ3v) is 1.21. The average Bonchev–Trinajstić information content (AvgIpc) is 1.87. The number of aliphatic hydroxyl groups is 1. The summed E-state index contributed by atoms with van der Waals surface area (Å²) < 4.78 is 4.92. The number of rotatable bonds is 0. The summed E-state index contributed by atoms with van der Waals surface area (Å²) >= 11 is 0. The van der Waals surface area contributed by atoms with Crippen molar-refractivity contribution < 1.29 is 9.84 Å². The largest absolute Gasteiger partial charge is 0.368 e. The lowest BCUT2D eigenvalue weighted by molar-refractivity contribution is -0.0849. The van der Waals surface area contributed by atoms with Crippen molar-refractivity contribution >= 4 is 0 Å². The van der Waals surface area contributed by atoms with Gasteiger partial charge in [0.05, 0.1) is 6.10 Å². The van der Waals surface area contributed by atoms with Crippen LogP contribution in [0.25, 0.3) is 0 Å². The highest BCUT2D eigenvalue weighted by atomic mass is 16.6. The highest BCUT2D eigenvalue weighted by Gasteiger charge is 2.17. The Morgan fingerprint density at radius 3 is 2.43 bits per heavy atom. The molecule has 0 aromatic rings. The standard InChI is InChI=1S/C5H10O2/c1-4-2-3-5(6)7-4/h4-6H,2-3H2,1H3/t4-,5?/m0/s1. The van der Waals surface area contributed by atoms with E-state index in [1.54, 1.807) is 0 Å². The van der Waals surface area contributed by atoms with E-state index in [0.717, 1.165) is 12.8 Å². The van der Waals surface area contributed by atoms with Crippen LogP contribution < -0.4 is 0 Å². The van der Waals surface area contributed by atoms with Crippen molar-refractivity contribution in [3.63, 3.8) is 0 Å². The summed E-state index contributed by atoms with van der Waals surface area (Å²) in [6, 6.07) is 0. The highest BCUT2D eigenvalue weighted by Crippen LogP contribution is 2.15. The van der Waals surface area contributed by atoms with E-state index in [2.05, 4.69) is 0 Å². The van der Waals surface area contributed by atoms with E-state index in [4.69, 9.17) is 9.84 Å². The molecule has 2 heteroatoms. The molecular formula is C5H10O2. The second kappa shape index (κ2) is 1.80. The van der Waals surface area contributed by atoms with Crippen LogP contribution in [0.5, 0.6) is 0 Å². The summed E-state index contributed by atoms with van der Waals surface area (Å²) in [5, 5.41) is 8.68. The monoisotopic (exact) mass is 102 g/mol. The van der Waals surface area contributed by atoms with Gasteiger partial charge in [0.25, 0.3) is 0 Å². The Hall–Kier alpha value is -0.0800. The predicted molar refractivity (Wildman–Crippen MR) is 25.8 cm³/mol. The van der Waals surface area contributed by atoms with Crippen molar-refractivity contribution in [3.8, 4) is 0 Å². The topological polar surface area (TPSA) is 29.5 Å². The molecule has 0 aromatic carbocycles. The van der Waals surface area contributed by atoms with Crippen LogP contribution in [0.3, 0.4) is 0 Å². The van der Waals surface area contributed by atoms with Gasteiger partial charge in [-0.3, -0.25) is 0 Å². The highest BCUT2D eigenvalue weighted by molar-refractivity contribution is 4.60. The van der Waals surface area contributed by atoms with Gasteiger partial charge in [-0.25, -0.2) is 0 Å². The van der Waals surface area contributed by atoms with Crippen LogP contribution in [0.4, 0.5) is 0 Å². The van der Waals surface area contributed by atoms with E-state index >= 15 is 0 Å². The minimum absolute atomic E-state index is 0.273. The number of hydrogen-bond acceptors (Lipinski definition) is 2. The first-order chi connectivity index (χ1) is 3.29. The molecule has 7 heavy (non-hydrogen) atoms. The summed E-state index contributed by atoms with van der Waals surface area (Å²) in [6.45, 7) is 1.97. The fraction of sp³-hybridized carbons (Fsp3) is 1.00. The zero-order valence-corrected chi connectivity index (χ0v) is 4.42. The Morgan fingerprint density at radius 2 is 2.29 bits per heavy atom. The molecule has 0 bridgehead atoms. The lowest BCUT2D eigenvalue weighted by Gasteiger charge is -2.00. The lowest BCUT2D eigenvalue weighted by atomic mass is 10.3. The van der Waals surface area contributed by atoms with Crippen molar-refractivity contribution in [2.45, 2.75) is 32.2 Å². The van der Waals surface area contributed by atoms with Crippen molar-refractivity contribution in [1.29, 1.82) is 0 Å². The van der Waals surface area contributed by atoms with Crippen LogP contribution in [-0.2, 0) is 4.74 Å². The van der Waals surface area contributed by atoms with Crippen LogP contribution in [0.15, 0.2) is 0 Å².